The first-order valence-electron chi connectivity index (χ1n) is 6.53. The molecule has 0 aliphatic carbocycles. The fraction of sp³-hybridized carbons (Fsp3) is 0.467. The lowest BCUT2D eigenvalue weighted by Gasteiger charge is -2.14. The van der Waals surface area contributed by atoms with Crippen LogP contribution in [0.15, 0.2) is 29.3 Å². The summed E-state index contributed by atoms with van der Waals surface area (Å²) in [6.45, 7) is 8.28. The number of nitrogens with one attached hydrogen (secondary N) is 1. The molecule has 0 saturated carbocycles. The minimum absolute atomic E-state index is 0.603. The standard InChI is InChI=1S/C15H22BrNO2/c1-4-6-8-19-15-13(16)9-12(10-14(15)18-3)11-17-7-5-2/h4,9-10,17H,1,5-8,11H2,2-3H3. The molecule has 0 unspecified atom stereocenters. The number of benzene rings is 1. The van der Waals surface area contributed by atoms with Crippen LogP contribution in [0, 0.1) is 0 Å². The summed E-state index contributed by atoms with van der Waals surface area (Å²) in [4.78, 5) is 0. The van der Waals surface area contributed by atoms with Crippen LogP contribution in [0.3, 0.4) is 0 Å². The summed E-state index contributed by atoms with van der Waals surface area (Å²) in [7, 11) is 1.66. The Kier molecular flexibility index (Phi) is 7.60. The smallest absolute Gasteiger partial charge is 0.175 e. The fourth-order valence-corrected chi connectivity index (χ4v) is 2.27. The first-order chi connectivity index (χ1) is 9.22. The monoisotopic (exact) mass is 327 g/mol. The number of hydrogen-bond donors (Lipinski definition) is 1. The van der Waals surface area contributed by atoms with Crippen LogP contribution in [-0.2, 0) is 6.54 Å². The van der Waals surface area contributed by atoms with Crippen LogP contribution < -0.4 is 14.8 Å². The van der Waals surface area contributed by atoms with Gasteiger partial charge in [-0.05, 0) is 53.0 Å². The highest BCUT2D eigenvalue weighted by Crippen LogP contribution is 2.36. The summed E-state index contributed by atoms with van der Waals surface area (Å²) in [5, 5.41) is 3.37. The summed E-state index contributed by atoms with van der Waals surface area (Å²) < 4.78 is 12.0. The number of halogens is 1. The molecule has 19 heavy (non-hydrogen) atoms. The zero-order valence-corrected chi connectivity index (χ0v) is 13.3. The molecule has 0 aliphatic rings. The van der Waals surface area contributed by atoms with Crippen molar-refractivity contribution in [2.45, 2.75) is 26.3 Å². The van der Waals surface area contributed by atoms with Crippen LogP contribution in [-0.4, -0.2) is 20.3 Å². The van der Waals surface area contributed by atoms with Gasteiger partial charge in [-0.25, -0.2) is 0 Å². The highest BCUT2D eigenvalue weighted by Gasteiger charge is 2.11. The summed E-state index contributed by atoms with van der Waals surface area (Å²) in [6, 6.07) is 4.07. The van der Waals surface area contributed by atoms with Crippen molar-refractivity contribution in [3.63, 3.8) is 0 Å². The molecule has 0 saturated heterocycles. The van der Waals surface area contributed by atoms with Crippen LogP contribution in [0.2, 0.25) is 0 Å². The van der Waals surface area contributed by atoms with Gasteiger partial charge in [-0.15, -0.1) is 6.58 Å². The van der Waals surface area contributed by atoms with Gasteiger partial charge in [0.25, 0.3) is 0 Å². The topological polar surface area (TPSA) is 30.5 Å². The van der Waals surface area contributed by atoms with Crippen LogP contribution in [0.4, 0.5) is 0 Å². The number of hydrogen-bond acceptors (Lipinski definition) is 3. The Morgan fingerprint density at radius 1 is 1.42 bits per heavy atom. The molecular weight excluding hydrogens is 306 g/mol. The Hall–Kier alpha value is -1.00. The molecule has 0 fully saturated rings. The molecule has 0 amide bonds. The molecule has 1 N–H and O–H groups in total. The molecule has 1 aromatic carbocycles. The van der Waals surface area contributed by atoms with Gasteiger partial charge in [0.15, 0.2) is 11.5 Å². The summed E-state index contributed by atoms with van der Waals surface area (Å²) in [5.74, 6) is 1.51. The Morgan fingerprint density at radius 2 is 2.21 bits per heavy atom. The lowest BCUT2D eigenvalue weighted by molar-refractivity contribution is 0.297. The van der Waals surface area contributed by atoms with E-state index in [1.165, 1.54) is 5.56 Å². The van der Waals surface area contributed by atoms with E-state index in [-0.39, 0.29) is 0 Å². The van der Waals surface area contributed by atoms with Gasteiger partial charge in [0.05, 0.1) is 18.2 Å². The molecule has 1 aromatic rings. The molecule has 0 bridgehead atoms. The van der Waals surface area contributed by atoms with Crippen molar-refractivity contribution < 1.29 is 9.47 Å². The predicted octanol–water partition coefficient (Wildman–Crippen LogP) is 3.91. The molecule has 0 radical (unpaired) electrons. The van der Waals surface area contributed by atoms with E-state index in [4.69, 9.17) is 9.47 Å². The third kappa shape index (κ3) is 5.25. The van der Waals surface area contributed by atoms with E-state index in [2.05, 4.69) is 40.8 Å². The maximum absolute atomic E-state index is 5.72. The van der Waals surface area contributed by atoms with E-state index >= 15 is 0 Å². The molecule has 1 rings (SSSR count). The molecule has 4 heteroatoms. The van der Waals surface area contributed by atoms with E-state index in [0.717, 1.165) is 41.9 Å². The van der Waals surface area contributed by atoms with E-state index in [9.17, 15) is 0 Å². The highest BCUT2D eigenvalue weighted by atomic mass is 79.9. The van der Waals surface area contributed by atoms with Crippen molar-refractivity contribution in [2.24, 2.45) is 0 Å². The summed E-state index contributed by atoms with van der Waals surface area (Å²) in [5.41, 5.74) is 1.17. The lowest BCUT2D eigenvalue weighted by atomic mass is 10.2. The van der Waals surface area contributed by atoms with E-state index in [1.807, 2.05) is 12.1 Å². The largest absolute Gasteiger partial charge is 0.493 e. The molecule has 106 valence electrons. The van der Waals surface area contributed by atoms with Crippen LogP contribution in [0.25, 0.3) is 0 Å². The number of ether oxygens (including phenoxy) is 2. The Bertz CT molecular complexity index is 407. The second-order valence-electron chi connectivity index (χ2n) is 4.21. The predicted molar refractivity (Wildman–Crippen MR) is 83.0 cm³/mol. The third-order valence-electron chi connectivity index (χ3n) is 2.61. The molecule has 3 nitrogen and oxygen atoms in total. The molecule has 0 aromatic heterocycles. The van der Waals surface area contributed by atoms with Gasteiger partial charge in [0.2, 0.25) is 0 Å². The van der Waals surface area contributed by atoms with Crippen LogP contribution in [0.5, 0.6) is 11.5 Å². The van der Waals surface area contributed by atoms with E-state index in [1.54, 1.807) is 7.11 Å². The third-order valence-corrected chi connectivity index (χ3v) is 3.20. The van der Waals surface area contributed by atoms with Crippen molar-refractivity contribution >= 4 is 15.9 Å². The van der Waals surface area contributed by atoms with Crippen molar-refractivity contribution in [3.05, 3.63) is 34.8 Å². The van der Waals surface area contributed by atoms with E-state index < -0.39 is 0 Å². The first-order valence-corrected chi connectivity index (χ1v) is 7.33. The Balaban J connectivity index is 2.78. The normalized spacial score (nSPS) is 10.3. The van der Waals surface area contributed by atoms with Crippen molar-refractivity contribution in [2.75, 3.05) is 20.3 Å². The molecule has 0 aliphatic heterocycles. The number of rotatable bonds is 9. The van der Waals surface area contributed by atoms with Gasteiger partial charge in [0, 0.05) is 6.54 Å². The highest BCUT2D eigenvalue weighted by molar-refractivity contribution is 9.10. The van der Waals surface area contributed by atoms with Gasteiger partial charge in [0.1, 0.15) is 0 Å². The van der Waals surface area contributed by atoms with Gasteiger partial charge in [-0.2, -0.15) is 0 Å². The van der Waals surface area contributed by atoms with Crippen molar-refractivity contribution in [1.29, 1.82) is 0 Å². The molecule has 0 spiro atoms. The van der Waals surface area contributed by atoms with E-state index in [0.29, 0.717) is 6.61 Å². The second-order valence-corrected chi connectivity index (χ2v) is 5.07. The summed E-state index contributed by atoms with van der Waals surface area (Å²) in [6.07, 6.45) is 3.78. The SMILES string of the molecule is C=CCCOc1c(Br)cc(CNCCC)cc1OC. The average molecular weight is 328 g/mol. The van der Waals surface area contributed by atoms with Gasteiger partial charge < -0.3 is 14.8 Å². The van der Waals surface area contributed by atoms with Crippen molar-refractivity contribution in [3.8, 4) is 11.5 Å². The van der Waals surface area contributed by atoms with Gasteiger partial charge in [-0.3, -0.25) is 0 Å². The minimum atomic E-state index is 0.603. The zero-order chi connectivity index (χ0) is 14.1. The first kappa shape index (κ1) is 16.1. The summed E-state index contributed by atoms with van der Waals surface area (Å²) >= 11 is 3.54. The van der Waals surface area contributed by atoms with Crippen LogP contribution in [0.1, 0.15) is 25.3 Å². The fourth-order valence-electron chi connectivity index (χ4n) is 1.67. The maximum Gasteiger partial charge on any atom is 0.175 e. The van der Waals surface area contributed by atoms with Gasteiger partial charge in [-0.1, -0.05) is 13.0 Å². The number of methoxy groups -OCH3 is 1. The maximum atomic E-state index is 5.72. The van der Waals surface area contributed by atoms with Gasteiger partial charge >= 0.3 is 0 Å². The Labute approximate surface area is 124 Å². The second kappa shape index (κ2) is 8.99. The molecular formula is C15H22BrNO2. The zero-order valence-electron chi connectivity index (χ0n) is 11.7. The molecule has 0 heterocycles. The Morgan fingerprint density at radius 3 is 2.84 bits per heavy atom. The van der Waals surface area contributed by atoms with Crippen LogP contribution >= 0.6 is 15.9 Å². The van der Waals surface area contributed by atoms with Crippen molar-refractivity contribution in [1.82, 2.24) is 5.32 Å². The average Bonchev–Trinajstić information content (AvgIpc) is 2.41. The lowest BCUT2D eigenvalue weighted by Crippen LogP contribution is -2.14. The minimum Gasteiger partial charge on any atom is -0.493 e. The quantitative estimate of drug-likeness (QED) is 0.551. The molecule has 0 atom stereocenters.